The highest BCUT2D eigenvalue weighted by Gasteiger charge is 2.13. The van der Waals surface area contributed by atoms with E-state index in [4.69, 9.17) is 5.11 Å². The first kappa shape index (κ1) is 16.2. The average molecular weight is 276 g/mol. The van der Waals surface area contributed by atoms with Gasteiger partial charge >= 0.3 is 6.03 Å². The maximum atomic E-state index is 12.2. The molecule has 0 spiro atoms. The van der Waals surface area contributed by atoms with Gasteiger partial charge in [0.2, 0.25) is 0 Å². The lowest BCUT2D eigenvalue weighted by Crippen LogP contribution is -2.37. The molecule has 0 aliphatic rings. The van der Waals surface area contributed by atoms with Gasteiger partial charge in [-0.25, -0.2) is 4.79 Å². The molecule has 0 radical (unpaired) electrons. The fraction of sp³-hybridized carbons (Fsp3) is 0.438. The molecule has 0 atom stereocenters. The number of nitrogens with one attached hydrogen (secondary N) is 1. The molecule has 0 saturated carbocycles. The Morgan fingerprint density at radius 1 is 1.40 bits per heavy atom. The van der Waals surface area contributed by atoms with Crippen molar-refractivity contribution in [2.45, 2.75) is 26.7 Å². The number of anilines is 1. The predicted octanol–water partition coefficient (Wildman–Crippen LogP) is 2.82. The van der Waals surface area contributed by atoms with Gasteiger partial charge in [0.1, 0.15) is 0 Å². The fourth-order valence-corrected chi connectivity index (χ4v) is 2.01. The minimum absolute atomic E-state index is 0.0586. The second-order valence-electron chi connectivity index (χ2n) is 4.59. The van der Waals surface area contributed by atoms with Gasteiger partial charge in [-0.2, -0.15) is 0 Å². The van der Waals surface area contributed by atoms with Crippen LogP contribution in [0.15, 0.2) is 30.9 Å². The van der Waals surface area contributed by atoms with Gasteiger partial charge in [0.05, 0.1) is 6.61 Å². The van der Waals surface area contributed by atoms with Crippen molar-refractivity contribution in [2.75, 3.05) is 25.0 Å². The maximum absolute atomic E-state index is 12.2. The van der Waals surface area contributed by atoms with Gasteiger partial charge in [0.15, 0.2) is 0 Å². The molecule has 0 aliphatic heterocycles. The molecule has 2 amide bonds. The van der Waals surface area contributed by atoms with E-state index >= 15 is 0 Å². The third-order valence-corrected chi connectivity index (χ3v) is 3.21. The van der Waals surface area contributed by atoms with Crippen LogP contribution in [0, 0.1) is 0 Å². The number of nitrogens with zero attached hydrogens (tertiary/aromatic N) is 1. The van der Waals surface area contributed by atoms with Crippen LogP contribution in [0.5, 0.6) is 0 Å². The van der Waals surface area contributed by atoms with Crippen LogP contribution in [0.3, 0.4) is 0 Å². The number of benzene rings is 1. The highest BCUT2D eigenvalue weighted by atomic mass is 16.3. The molecule has 1 aromatic carbocycles. The monoisotopic (exact) mass is 276 g/mol. The number of hydrogen-bond acceptors (Lipinski definition) is 2. The van der Waals surface area contributed by atoms with Crippen molar-refractivity contribution >= 4 is 11.7 Å². The molecular weight excluding hydrogens is 252 g/mol. The number of carbonyl (C=O) groups is 1. The van der Waals surface area contributed by atoms with E-state index in [-0.39, 0.29) is 12.6 Å². The molecule has 4 nitrogen and oxygen atoms in total. The standard InChI is InChI=1S/C16H24N2O2/c1-4-9-18(10-11-19)16(20)17-15-12-13(5-2)7-8-14(15)6-3/h4,7-8,12,19H,1,5-6,9-11H2,2-3H3,(H,17,20). The van der Waals surface area contributed by atoms with Crippen LogP contribution >= 0.6 is 0 Å². The largest absolute Gasteiger partial charge is 0.395 e. The zero-order valence-electron chi connectivity index (χ0n) is 12.4. The Kier molecular flexibility index (Phi) is 6.81. The van der Waals surface area contributed by atoms with E-state index in [0.29, 0.717) is 13.1 Å². The summed E-state index contributed by atoms with van der Waals surface area (Å²) in [5.74, 6) is 0. The summed E-state index contributed by atoms with van der Waals surface area (Å²) in [6, 6.07) is 5.95. The lowest BCUT2D eigenvalue weighted by Gasteiger charge is -2.21. The summed E-state index contributed by atoms with van der Waals surface area (Å²) in [5, 5.41) is 11.9. The van der Waals surface area contributed by atoms with Crippen LogP contribution in [0.4, 0.5) is 10.5 Å². The molecule has 4 heteroatoms. The molecule has 2 N–H and O–H groups in total. The average Bonchev–Trinajstić information content (AvgIpc) is 2.46. The van der Waals surface area contributed by atoms with Crippen LogP contribution in [0.25, 0.3) is 0 Å². The molecule has 0 saturated heterocycles. The Morgan fingerprint density at radius 2 is 2.15 bits per heavy atom. The Bertz CT molecular complexity index is 458. The van der Waals surface area contributed by atoms with E-state index in [0.717, 1.165) is 24.1 Å². The normalized spacial score (nSPS) is 10.2. The molecule has 0 unspecified atom stereocenters. The van der Waals surface area contributed by atoms with E-state index in [1.54, 1.807) is 6.08 Å². The first-order chi connectivity index (χ1) is 9.65. The van der Waals surface area contributed by atoms with Gasteiger partial charge < -0.3 is 15.3 Å². The second kappa shape index (κ2) is 8.38. The van der Waals surface area contributed by atoms with Gasteiger partial charge in [0, 0.05) is 18.8 Å². The van der Waals surface area contributed by atoms with Crippen LogP contribution in [-0.4, -0.2) is 35.7 Å². The molecular formula is C16H24N2O2. The fourth-order valence-electron chi connectivity index (χ4n) is 2.01. The topological polar surface area (TPSA) is 52.6 Å². The number of aliphatic hydroxyl groups is 1. The molecule has 0 bridgehead atoms. The Morgan fingerprint density at radius 3 is 2.70 bits per heavy atom. The second-order valence-corrected chi connectivity index (χ2v) is 4.59. The summed E-state index contributed by atoms with van der Waals surface area (Å²) in [6.07, 6.45) is 3.44. The summed E-state index contributed by atoms with van der Waals surface area (Å²) in [7, 11) is 0. The molecule has 0 aromatic heterocycles. The van der Waals surface area contributed by atoms with E-state index in [1.165, 1.54) is 10.5 Å². The Hall–Kier alpha value is -1.81. The highest BCUT2D eigenvalue weighted by molar-refractivity contribution is 5.90. The first-order valence-corrected chi connectivity index (χ1v) is 7.05. The number of aliphatic hydroxyl groups excluding tert-OH is 1. The van der Waals surface area contributed by atoms with Gasteiger partial charge in [0.25, 0.3) is 0 Å². The minimum Gasteiger partial charge on any atom is -0.395 e. The van der Waals surface area contributed by atoms with Crippen LogP contribution in [0.2, 0.25) is 0 Å². The van der Waals surface area contributed by atoms with Crippen molar-refractivity contribution in [3.8, 4) is 0 Å². The number of aryl methyl sites for hydroxylation is 2. The summed E-state index contributed by atoms with van der Waals surface area (Å²) in [6.45, 7) is 8.43. The van der Waals surface area contributed by atoms with Crippen molar-refractivity contribution in [2.24, 2.45) is 0 Å². The molecule has 20 heavy (non-hydrogen) atoms. The van der Waals surface area contributed by atoms with Crippen LogP contribution in [0.1, 0.15) is 25.0 Å². The van der Waals surface area contributed by atoms with Crippen LogP contribution < -0.4 is 5.32 Å². The summed E-state index contributed by atoms with van der Waals surface area (Å²) < 4.78 is 0. The SMILES string of the molecule is C=CCN(CCO)C(=O)Nc1cc(CC)ccc1CC. The van der Waals surface area contributed by atoms with Crippen molar-refractivity contribution in [1.29, 1.82) is 0 Å². The third-order valence-electron chi connectivity index (χ3n) is 3.21. The zero-order chi connectivity index (χ0) is 15.0. The molecule has 110 valence electrons. The lowest BCUT2D eigenvalue weighted by atomic mass is 10.1. The first-order valence-electron chi connectivity index (χ1n) is 7.05. The molecule has 0 fully saturated rings. The van der Waals surface area contributed by atoms with Gasteiger partial charge in [-0.15, -0.1) is 6.58 Å². The smallest absolute Gasteiger partial charge is 0.322 e. The molecule has 0 heterocycles. The quantitative estimate of drug-likeness (QED) is 0.752. The van der Waals surface area contributed by atoms with Crippen molar-refractivity contribution < 1.29 is 9.90 Å². The summed E-state index contributed by atoms with van der Waals surface area (Å²) in [4.78, 5) is 13.7. The number of urea groups is 1. The van der Waals surface area contributed by atoms with Crippen LogP contribution in [-0.2, 0) is 12.8 Å². The number of hydrogen-bond donors (Lipinski definition) is 2. The molecule has 0 aliphatic carbocycles. The van der Waals surface area contributed by atoms with E-state index in [2.05, 4.69) is 37.9 Å². The maximum Gasteiger partial charge on any atom is 0.322 e. The lowest BCUT2D eigenvalue weighted by molar-refractivity contribution is 0.195. The van der Waals surface area contributed by atoms with E-state index < -0.39 is 0 Å². The summed E-state index contributed by atoms with van der Waals surface area (Å²) >= 11 is 0. The zero-order valence-corrected chi connectivity index (χ0v) is 12.4. The number of amides is 2. The number of rotatable bonds is 7. The molecule has 1 aromatic rings. The van der Waals surface area contributed by atoms with Crippen molar-refractivity contribution in [1.82, 2.24) is 4.90 Å². The highest BCUT2D eigenvalue weighted by Crippen LogP contribution is 2.19. The van der Waals surface area contributed by atoms with E-state index in [9.17, 15) is 4.79 Å². The Labute approximate surface area is 121 Å². The van der Waals surface area contributed by atoms with Gasteiger partial charge in [-0.3, -0.25) is 0 Å². The van der Waals surface area contributed by atoms with Gasteiger partial charge in [-0.1, -0.05) is 32.1 Å². The van der Waals surface area contributed by atoms with E-state index in [1.807, 2.05) is 6.07 Å². The van der Waals surface area contributed by atoms with Crippen molar-refractivity contribution in [3.05, 3.63) is 42.0 Å². The number of carbonyl (C=O) groups excluding carboxylic acids is 1. The Balaban J connectivity index is 2.89. The third kappa shape index (κ3) is 4.38. The van der Waals surface area contributed by atoms with Gasteiger partial charge in [-0.05, 0) is 30.0 Å². The molecule has 1 rings (SSSR count). The minimum atomic E-state index is -0.207. The predicted molar refractivity (Wildman–Crippen MR) is 83.1 cm³/mol. The van der Waals surface area contributed by atoms with Crippen molar-refractivity contribution in [3.63, 3.8) is 0 Å². The summed E-state index contributed by atoms with van der Waals surface area (Å²) in [5.41, 5.74) is 3.15.